The highest BCUT2D eigenvalue weighted by atomic mass is 79.9. The molecule has 0 atom stereocenters. The summed E-state index contributed by atoms with van der Waals surface area (Å²) in [7, 11) is 0. The number of rotatable bonds is 0. The molecule has 0 unspecified atom stereocenters. The Bertz CT molecular complexity index is 849. The molecule has 0 bridgehead atoms. The van der Waals surface area contributed by atoms with Crippen LogP contribution in [0.25, 0.3) is 0 Å². The molecule has 0 aromatic heterocycles. The highest BCUT2D eigenvalue weighted by molar-refractivity contribution is 9.10. The number of nitriles is 1. The summed E-state index contributed by atoms with van der Waals surface area (Å²) in [6, 6.07) is 13.2. The Morgan fingerprint density at radius 1 is 0.826 bits per heavy atom. The molecular weight excluding hydrogens is 354 g/mol. The number of fused-ring (bicyclic) bond motifs is 2. The monoisotopic (exact) mass is 367 g/mol. The molecule has 0 amide bonds. The molecule has 2 aliphatic rings. The summed E-state index contributed by atoms with van der Waals surface area (Å²) < 4.78 is 1.07. The van der Waals surface area contributed by atoms with Crippen LogP contribution in [0.5, 0.6) is 0 Å². The lowest BCUT2D eigenvalue weighted by atomic mass is 10.0. The molecule has 4 heteroatoms. The number of benzene rings is 2. The fourth-order valence-corrected chi connectivity index (χ4v) is 3.61. The second kappa shape index (κ2) is 6.47. The molecule has 4 rings (SSSR count). The van der Waals surface area contributed by atoms with E-state index in [4.69, 9.17) is 5.26 Å². The van der Waals surface area contributed by atoms with Crippen molar-refractivity contribution in [3.63, 3.8) is 0 Å². The topological polar surface area (TPSA) is 57.9 Å². The highest BCUT2D eigenvalue weighted by Gasteiger charge is 2.21. The number of carbonyl (C=O) groups is 2. The van der Waals surface area contributed by atoms with E-state index in [0.29, 0.717) is 18.4 Å². The first kappa shape index (κ1) is 15.6. The van der Waals surface area contributed by atoms with Gasteiger partial charge in [-0.1, -0.05) is 40.2 Å². The largest absolute Gasteiger partial charge is 0.294 e. The van der Waals surface area contributed by atoms with Gasteiger partial charge in [0, 0.05) is 28.4 Å². The number of ketones is 2. The number of hydrogen-bond donors (Lipinski definition) is 0. The number of halogens is 1. The second-order valence-corrected chi connectivity index (χ2v) is 6.41. The maximum Gasteiger partial charge on any atom is 0.163 e. The Morgan fingerprint density at radius 3 is 2.00 bits per heavy atom. The third-order valence-corrected chi connectivity index (χ3v) is 4.96. The van der Waals surface area contributed by atoms with E-state index in [9.17, 15) is 9.59 Å². The minimum absolute atomic E-state index is 0.169. The third kappa shape index (κ3) is 2.97. The van der Waals surface area contributed by atoms with Crippen molar-refractivity contribution in [2.24, 2.45) is 0 Å². The van der Waals surface area contributed by atoms with Crippen LogP contribution in [0, 0.1) is 11.3 Å². The van der Waals surface area contributed by atoms with Crippen molar-refractivity contribution in [3.8, 4) is 6.07 Å². The van der Waals surface area contributed by atoms with Crippen LogP contribution in [0.2, 0.25) is 0 Å². The lowest BCUT2D eigenvalue weighted by molar-refractivity contribution is 0.0986. The standard InChI is InChI=1S/C10H7NO.C9H7BrO/c11-6-7-2-1-3-9-8(7)4-5-10(9)12;10-8-3-1-2-7-6(8)4-5-9(7)11/h1-3H,4-5H2;1-3H,4-5H2. The van der Waals surface area contributed by atoms with Crippen LogP contribution in [0.4, 0.5) is 0 Å². The smallest absolute Gasteiger partial charge is 0.163 e. The van der Waals surface area contributed by atoms with Gasteiger partial charge in [-0.2, -0.15) is 5.26 Å². The van der Waals surface area contributed by atoms with Gasteiger partial charge in [-0.3, -0.25) is 9.59 Å². The summed E-state index contributed by atoms with van der Waals surface area (Å²) in [5, 5.41) is 8.73. The molecule has 114 valence electrons. The Kier molecular flexibility index (Phi) is 4.40. The zero-order chi connectivity index (χ0) is 16.4. The van der Waals surface area contributed by atoms with Crippen LogP contribution in [-0.2, 0) is 12.8 Å². The predicted octanol–water partition coefficient (Wildman–Crippen LogP) is 4.27. The van der Waals surface area contributed by atoms with E-state index in [0.717, 1.165) is 34.0 Å². The molecular formula is C19H14BrNO2. The SMILES string of the molecule is N#Cc1cccc2c1CCC2=O.O=C1CCc2c(Br)cccc21. The van der Waals surface area contributed by atoms with Crippen molar-refractivity contribution in [2.75, 3.05) is 0 Å². The van der Waals surface area contributed by atoms with Gasteiger partial charge in [0.25, 0.3) is 0 Å². The molecule has 0 fully saturated rings. The van der Waals surface area contributed by atoms with Gasteiger partial charge in [0.05, 0.1) is 11.6 Å². The van der Waals surface area contributed by atoms with Gasteiger partial charge in [0.2, 0.25) is 0 Å². The highest BCUT2D eigenvalue weighted by Crippen LogP contribution is 2.28. The van der Waals surface area contributed by atoms with Gasteiger partial charge in [-0.05, 0) is 36.1 Å². The van der Waals surface area contributed by atoms with E-state index in [1.807, 2.05) is 18.2 Å². The molecule has 0 saturated carbocycles. The van der Waals surface area contributed by atoms with E-state index < -0.39 is 0 Å². The summed E-state index contributed by atoms with van der Waals surface area (Å²) in [6.07, 6.45) is 2.87. The molecule has 3 nitrogen and oxygen atoms in total. The number of Topliss-reactive ketones (excluding diaryl/α,β-unsaturated/α-hetero) is 2. The van der Waals surface area contributed by atoms with Gasteiger partial charge < -0.3 is 0 Å². The predicted molar refractivity (Wildman–Crippen MR) is 90.6 cm³/mol. The maximum atomic E-state index is 11.2. The summed E-state index contributed by atoms with van der Waals surface area (Å²) in [5.41, 5.74) is 4.41. The second-order valence-electron chi connectivity index (χ2n) is 5.56. The van der Waals surface area contributed by atoms with Gasteiger partial charge in [0.15, 0.2) is 11.6 Å². The Labute approximate surface area is 143 Å². The zero-order valence-electron chi connectivity index (χ0n) is 12.4. The lowest BCUT2D eigenvalue weighted by Gasteiger charge is -1.97. The fraction of sp³-hybridized carbons (Fsp3) is 0.211. The summed E-state index contributed by atoms with van der Waals surface area (Å²) in [5.74, 6) is 0.448. The average Bonchev–Trinajstić information content (AvgIpc) is 3.13. The molecule has 2 aliphatic carbocycles. The average molecular weight is 368 g/mol. The fourth-order valence-electron chi connectivity index (χ4n) is 3.04. The third-order valence-electron chi connectivity index (χ3n) is 4.22. The van der Waals surface area contributed by atoms with Gasteiger partial charge in [-0.15, -0.1) is 0 Å². The molecule has 2 aromatic carbocycles. The van der Waals surface area contributed by atoms with Crippen LogP contribution < -0.4 is 0 Å². The van der Waals surface area contributed by atoms with E-state index in [2.05, 4.69) is 22.0 Å². The van der Waals surface area contributed by atoms with Gasteiger partial charge >= 0.3 is 0 Å². The van der Waals surface area contributed by atoms with E-state index in [1.165, 1.54) is 5.56 Å². The van der Waals surface area contributed by atoms with Crippen LogP contribution in [-0.4, -0.2) is 11.6 Å². The summed E-state index contributed by atoms with van der Waals surface area (Å²) >= 11 is 3.42. The number of carbonyl (C=O) groups excluding carboxylic acids is 2. The van der Waals surface area contributed by atoms with Crippen molar-refractivity contribution in [2.45, 2.75) is 25.7 Å². The molecule has 0 N–H and O–H groups in total. The van der Waals surface area contributed by atoms with Crippen LogP contribution in [0.1, 0.15) is 50.2 Å². The first-order valence-electron chi connectivity index (χ1n) is 7.47. The van der Waals surface area contributed by atoms with Crippen LogP contribution >= 0.6 is 15.9 Å². The number of hydrogen-bond acceptors (Lipinski definition) is 3. The van der Waals surface area contributed by atoms with Gasteiger partial charge in [-0.25, -0.2) is 0 Å². The van der Waals surface area contributed by atoms with E-state index in [-0.39, 0.29) is 11.6 Å². The van der Waals surface area contributed by atoms with E-state index in [1.54, 1.807) is 18.2 Å². The van der Waals surface area contributed by atoms with Crippen molar-refractivity contribution < 1.29 is 9.59 Å². The lowest BCUT2D eigenvalue weighted by Crippen LogP contribution is -1.91. The minimum Gasteiger partial charge on any atom is -0.294 e. The molecule has 0 saturated heterocycles. The minimum atomic E-state index is 0.169. The van der Waals surface area contributed by atoms with Crippen LogP contribution in [0.3, 0.4) is 0 Å². The Hall–Kier alpha value is -2.25. The normalized spacial score (nSPS) is 14.6. The van der Waals surface area contributed by atoms with E-state index >= 15 is 0 Å². The summed E-state index contributed by atoms with van der Waals surface area (Å²) in [6.45, 7) is 0. The molecule has 0 spiro atoms. The first-order chi connectivity index (χ1) is 11.1. The zero-order valence-corrected chi connectivity index (χ0v) is 14.0. The van der Waals surface area contributed by atoms with Gasteiger partial charge in [0.1, 0.15) is 0 Å². The Morgan fingerprint density at radius 2 is 1.39 bits per heavy atom. The molecule has 0 aliphatic heterocycles. The molecule has 23 heavy (non-hydrogen) atoms. The molecule has 2 aromatic rings. The maximum absolute atomic E-state index is 11.2. The van der Waals surface area contributed by atoms with Crippen LogP contribution in [0.15, 0.2) is 40.9 Å². The molecule has 0 radical (unpaired) electrons. The van der Waals surface area contributed by atoms with Crippen molar-refractivity contribution in [1.82, 2.24) is 0 Å². The first-order valence-corrected chi connectivity index (χ1v) is 8.27. The summed E-state index contributed by atoms with van der Waals surface area (Å²) in [4.78, 5) is 22.4. The van der Waals surface area contributed by atoms with Crippen molar-refractivity contribution in [1.29, 1.82) is 5.26 Å². The Balaban J connectivity index is 0.000000136. The van der Waals surface area contributed by atoms with Crippen molar-refractivity contribution >= 4 is 27.5 Å². The van der Waals surface area contributed by atoms with Crippen molar-refractivity contribution in [3.05, 3.63) is 68.7 Å². The quantitative estimate of drug-likeness (QED) is 0.698. The number of nitrogens with zero attached hydrogens (tertiary/aromatic N) is 1. The molecule has 0 heterocycles.